The van der Waals surface area contributed by atoms with Crippen LogP contribution in [0.4, 0.5) is 0 Å². The van der Waals surface area contributed by atoms with Gasteiger partial charge in [-0.2, -0.15) is 0 Å². The molecule has 4 nitrogen and oxygen atoms in total. The average molecular weight is 289 g/mol. The average Bonchev–Trinajstić information content (AvgIpc) is 2.54. The van der Waals surface area contributed by atoms with Crippen molar-refractivity contribution < 1.29 is 4.79 Å². The number of nitrogens with zero attached hydrogens (tertiary/aromatic N) is 1. The first kappa shape index (κ1) is 16.0. The van der Waals surface area contributed by atoms with Gasteiger partial charge in [0.05, 0.1) is 0 Å². The summed E-state index contributed by atoms with van der Waals surface area (Å²) < 4.78 is 0. The number of hydrogen-bond donors (Lipinski definition) is 2. The molecule has 21 heavy (non-hydrogen) atoms. The van der Waals surface area contributed by atoms with Crippen molar-refractivity contribution in [2.75, 3.05) is 26.7 Å². The van der Waals surface area contributed by atoms with Crippen LogP contribution >= 0.6 is 0 Å². The Kier molecular flexibility index (Phi) is 5.37. The minimum atomic E-state index is -0.805. The smallest absolute Gasteiger partial charge is 0.243 e. The molecule has 1 heterocycles. The fraction of sp³-hybridized carbons (Fsp3) is 0.588. The summed E-state index contributed by atoms with van der Waals surface area (Å²) in [6.07, 6.45) is 3.67. The summed E-state index contributed by atoms with van der Waals surface area (Å²) in [5.74, 6) is 0.518. The van der Waals surface area contributed by atoms with Crippen molar-refractivity contribution in [3.8, 4) is 0 Å². The normalized spacial score (nSPS) is 20.1. The van der Waals surface area contributed by atoms with E-state index in [0.717, 1.165) is 24.6 Å². The number of rotatable bonds is 6. The second-order valence-electron chi connectivity index (χ2n) is 6.01. The minimum absolute atomic E-state index is 0.311. The number of hydrogen-bond acceptors (Lipinski definition) is 3. The van der Waals surface area contributed by atoms with E-state index in [1.54, 1.807) is 0 Å². The molecule has 1 aromatic rings. The quantitative estimate of drug-likeness (QED) is 0.838. The van der Waals surface area contributed by atoms with Crippen LogP contribution in [0.1, 0.15) is 31.7 Å². The van der Waals surface area contributed by atoms with Crippen LogP contribution in [-0.2, 0) is 10.3 Å². The van der Waals surface area contributed by atoms with Crippen molar-refractivity contribution in [1.29, 1.82) is 0 Å². The third-order valence-corrected chi connectivity index (χ3v) is 4.86. The zero-order valence-corrected chi connectivity index (χ0v) is 13.1. The summed E-state index contributed by atoms with van der Waals surface area (Å²) >= 11 is 0. The van der Waals surface area contributed by atoms with Gasteiger partial charge in [0.15, 0.2) is 0 Å². The van der Waals surface area contributed by atoms with Gasteiger partial charge >= 0.3 is 0 Å². The summed E-state index contributed by atoms with van der Waals surface area (Å²) in [6.45, 7) is 4.98. The van der Waals surface area contributed by atoms with E-state index < -0.39 is 5.54 Å². The lowest BCUT2D eigenvalue weighted by Crippen LogP contribution is -2.58. The summed E-state index contributed by atoms with van der Waals surface area (Å²) in [6, 6.07) is 9.80. The first-order chi connectivity index (χ1) is 10.1. The summed E-state index contributed by atoms with van der Waals surface area (Å²) in [5.41, 5.74) is 5.89. The van der Waals surface area contributed by atoms with Gasteiger partial charge in [0.1, 0.15) is 5.54 Å². The molecule has 3 N–H and O–H groups in total. The minimum Gasteiger partial charge on any atom is -0.368 e. The van der Waals surface area contributed by atoms with E-state index in [9.17, 15) is 4.79 Å². The highest BCUT2D eigenvalue weighted by Crippen LogP contribution is 2.26. The van der Waals surface area contributed by atoms with Gasteiger partial charge in [0, 0.05) is 6.54 Å². The van der Waals surface area contributed by atoms with Crippen LogP contribution in [0.5, 0.6) is 0 Å². The Morgan fingerprint density at radius 1 is 1.33 bits per heavy atom. The van der Waals surface area contributed by atoms with Gasteiger partial charge in [0.25, 0.3) is 0 Å². The van der Waals surface area contributed by atoms with E-state index in [2.05, 4.69) is 17.1 Å². The van der Waals surface area contributed by atoms with Gasteiger partial charge in [-0.3, -0.25) is 4.79 Å². The molecule has 2 rings (SSSR count). The third kappa shape index (κ3) is 3.44. The lowest BCUT2D eigenvalue weighted by atomic mass is 9.86. The Bertz CT molecular complexity index is 454. The third-order valence-electron chi connectivity index (χ3n) is 4.86. The number of piperidine rings is 1. The SMILES string of the molecule is CCC1CCN(CC(NC)(C(N)=O)c2ccccc2)CC1. The van der Waals surface area contributed by atoms with Crippen molar-refractivity contribution in [3.63, 3.8) is 0 Å². The van der Waals surface area contributed by atoms with Crippen LogP contribution in [0.25, 0.3) is 0 Å². The lowest BCUT2D eigenvalue weighted by Gasteiger charge is -2.39. The molecule has 4 heteroatoms. The molecule has 1 saturated heterocycles. The molecule has 0 radical (unpaired) electrons. The monoisotopic (exact) mass is 289 g/mol. The van der Waals surface area contributed by atoms with E-state index >= 15 is 0 Å². The van der Waals surface area contributed by atoms with E-state index in [4.69, 9.17) is 5.73 Å². The van der Waals surface area contributed by atoms with E-state index in [1.807, 2.05) is 37.4 Å². The molecule has 1 fully saturated rings. The molecule has 0 spiro atoms. The van der Waals surface area contributed by atoms with Crippen LogP contribution in [0.3, 0.4) is 0 Å². The molecule has 1 aliphatic rings. The van der Waals surface area contributed by atoms with Crippen molar-refractivity contribution in [1.82, 2.24) is 10.2 Å². The Balaban J connectivity index is 2.16. The molecular weight excluding hydrogens is 262 g/mol. The molecule has 1 aliphatic heterocycles. The Labute approximate surface area is 127 Å². The fourth-order valence-corrected chi connectivity index (χ4v) is 3.27. The molecule has 1 unspecified atom stereocenters. The predicted molar refractivity (Wildman–Crippen MR) is 85.8 cm³/mol. The highest BCUT2D eigenvalue weighted by molar-refractivity contribution is 5.86. The van der Waals surface area contributed by atoms with Crippen molar-refractivity contribution in [3.05, 3.63) is 35.9 Å². The van der Waals surface area contributed by atoms with Gasteiger partial charge in [0.2, 0.25) is 5.91 Å². The Morgan fingerprint density at radius 3 is 2.43 bits per heavy atom. The molecule has 1 atom stereocenters. The maximum atomic E-state index is 12.2. The van der Waals surface area contributed by atoms with Gasteiger partial charge in [-0.25, -0.2) is 0 Å². The van der Waals surface area contributed by atoms with Gasteiger partial charge in [-0.1, -0.05) is 43.7 Å². The number of likely N-dealkylation sites (tertiary alicyclic amines) is 1. The number of amides is 1. The standard InChI is InChI=1S/C17H27N3O/c1-3-14-9-11-20(12-10-14)13-17(19-2,16(18)21)15-7-5-4-6-8-15/h4-8,14,19H,3,9-13H2,1-2H3,(H2,18,21). The fourth-order valence-electron chi connectivity index (χ4n) is 3.27. The van der Waals surface area contributed by atoms with Crippen LogP contribution in [0.2, 0.25) is 0 Å². The number of benzene rings is 1. The number of nitrogens with two attached hydrogens (primary N) is 1. The Morgan fingerprint density at radius 2 is 1.95 bits per heavy atom. The molecule has 1 amide bonds. The van der Waals surface area contributed by atoms with Crippen LogP contribution in [0, 0.1) is 5.92 Å². The zero-order valence-electron chi connectivity index (χ0n) is 13.1. The summed E-state index contributed by atoms with van der Waals surface area (Å²) in [5, 5.41) is 3.19. The van der Waals surface area contributed by atoms with E-state index in [1.165, 1.54) is 19.3 Å². The molecule has 0 aliphatic carbocycles. The highest BCUT2D eigenvalue weighted by atomic mass is 16.1. The molecule has 116 valence electrons. The molecular formula is C17H27N3O. The molecule has 0 aromatic heterocycles. The zero-order chi connectivity index (χ0) is 15.3. The number of likely N-dealkylation sites (N-methyl/N-ethyl adjacent to an activating group) is 1. The van der Waals surface area contributed by atoms with Gasteiger partial charge in [-0.15, -0.1) is 0 Å². The van der Waals surface area contributed by atoms with E-state index in [0.29, 0.717) is 6.54 Å². The number of carbonyl (C=O) groups is 1. The second kappa shape index (κ2) is 7.05. The maximum Gasteiger partial charge on any atom is 0.243 e. The van der Waals surface area contributed by atoms with Gasteiger partial charge in [-0.05, 0) is 44.5 Å². The molecule has 1 aromatic carbocycles. The number of carbonyl (C=O) groups excluding carboxylic acids is 1. The summed E-state index contributed by atoms with van der Waals surface area (Å²) in [7, 11) is 1.82. The van der Waals surface area contributed by atoms with Crippen LogP contribution in [0.15, 0.2) is 30.3 Å². The van der Waals surface area contributed by atoms with Crippen LogP contribution < -0.4 is 11.1 Å². The Hall–Kier alpha value is -1.39. The lowest BCUT2D eigenvalue weighted by molar-refractivity contribution is -0.125. The largest absolute Gasteiger partial charge is 0.368 e. The maximum absolute atomic E-state index is 12.2. The first-order valence-corrected chi connectivity index (χ1v) is 7.89. The van der Waals surface area contributed by atoms with Gasteiger partial charge < -0.3 is 16.0 Å². The second-order valence-corrected chi connectivity index (χ2v) is 6.01. The van der Waals surface area contributed by atoms with E-state index in [-0.39, 0.29) is 5.91 Å². The molecule has 0 bridgehead atoms. The van der Waals surface area contributed by atoms with Crippen molar-refractivity contribution in [2.24, 2.45) is 11.7 Å². The number of primary amides is 1. The van der Waals surface area contributed by atoms with Crippen molar-refractivity contribution in [2.45, 2.75) is 31.7 Å². The highest BCUT2D eigenvalue weighted by Gasteiger charge is 2.39. The van der Waals surface area contributed by atoms with Crippen LogP contribution in [-0.4, -0.2) is 37.5 Å². The first-order valence-electron chi connectivity index (χ1n) is 7.89. The topological polar surface area (TPSA) is 58.4 Å². The predicted octanol–water partition coefficient (Wildman–Crippen LogP) is 1.71. The van der Waals surface area contributed by atoms with Crippen molar-refractivity contribution >= 4 is 5.91 Å². The number of nitrogens with one attached hydrogen (secondary N) is 1. The molecule has 0 saturated carbocycles. The summed E-state index contributed by atoms with van der Waals surface area (Å²) in [4.78, 5) is 14.5.